The average Bonchev–Trinajstić information content (AvgIpc) is 3.36. The van der Waals surface area contributed by atoms with E-state index in [1.54, 1.807) is 22.7 Å². The summed E-state index contributed by atoms with van der Waals surface area (Å²) in [6, 6.07) is 6.12. The molecule has 5 rings (SSSR count). The van der Waals surface area contributed by atoms with Crippen LogP contribution in [0.4, 0.5) is 5.82 Å². The van der Waals surface area contributed by atoms with Crippen LogP contribution in [0.3, 0.4) is 0 Å². The predicted molar refractivity (Wildman–Crippen MR) is 99.5 cm³/mol. The number of Topliss-reactive ketones (excluding diaryl/α,β-unsaturated/α-hetero) is 1. The van der Waals surface area contributed by atoms with Gasteiger partial charge in [-0.2, -0.15) is 11.3 Å². The molecule has 0 radical (unpaired) electrons. The molecular formula is C18H15N3O2S2. The highest BCUT2D eigenvalue weighted by Crippen LogP contribution is 2.47. The van der Waals surface area contributed by atoms with Crippen molar-refractivity contribution in [2.75, 3.05) is 5.32 Å². The van der Waals surface area contributed by atoms with Crippen molar-refractivity contribution < 1.29 is 4.79 Å². The van der Waals surface area contributed by atoms with Crippen molar-refractivity contribution >= 4 is 34.3 Å². The van der Waals surface area contributed by atoms with Crippen LogP contribution in [0.1, 0.15) is 40.7 Å². The number of aromatic nitrogens is 2. The fourth-order valence-corrected chi connectivity index (χ4v) is 5.43. The number of nitrogens with one attached hydrogen (secondary N) is 3. The molecule has 2 unspecified atom stereocenters. The summed E-state index contributed by atoms with van der Waals surface area (Å²) in [5.74, 6) is 0.729. The number of hydrogen-bond acceptors (Lipinski definition) is 5. The molecule has 4 heterocycles. The van der Waals surface area contributed by atoms with E-state index < -0.39 is 0 Å². The van der Waals surface area contributed by atoms with Crippen molar-refractivity contribution in [2.45, 2.75) is 24.7 Å². The topological polar surface area (TPSA) is 77.8 Å². The molecule has 3 aromatic rings. The molecule has 126 valence electrons. The predicted octanol–water partition coefficient (Wildman–Crippen LogP) is 3.78. The highest BCUT2D eigenvalue weighted by molar-refractivity contribution is 7.10. The van der Waals surface area contributed by atoms with E-state index in [-0.39, 0.29) is 23.2 Å². The molecule has 3 N–H and O–H groups in total. The van der Waals surface area contributed by atoms with Gasteiger partial charge in [-0.3, -0.25) is 19.8 Å². The van der Waals surface area contributed by atoms with Gasteiger partial charge in [-0.1, -0.05) is 6.07 Å². The van der Waals surface area contributed by atoms with Crippen LogP contribution in [0.5, 0.6) is 0 Å². The third-order valence-corrected chi connectivity index (χ3v) is 6.73. The summed E-state index contributed by atoms with van der Waals surface area (Å²) in [7, 11) is 0. The zero-order valence-corrected chi connectivity index (χ0v) is 14.8. The Kier molecular flexibility index (Phi) is 3.33. The monoisotopic (exact) mass is 369 g/mol. The van der Waals surface area contributed by atoms with Gasteiger partial charge in [0.1, 0.15) is 5.82 Å². The molecule has 25 heavy (non-hydrogen) atoms. The van der Waals surface area contributed by atoms with Gasteiger partial charge in [-0.15, -0.1) is 11.3 Å². The number of ketones is 1. The van der Waals surface area contributed by atoms with Gasteiger partial charge in [0, 0.05) is 34.4 Å². The molecule has 2 aliphatic rings. The lowest BCUT2D eigenvalue weighted by Gasteiger charge is -2.33. The Hall–Kier alpha value is -2.38. The maximum absolute atomic E-state index is 13.1. The van der Waals surface area contributed by atoms with Gasteiger partial charge in [0.15, 0.2) is 5.78 Å². The molecule has 0 fully saturated rings. The van der Waals surface area contributed by atoms with Crippen LogP contribution in [-0.2, 0) is 4.79 Å². The van der Waals surface area contributed by atoms with E-state index >= 15 is 0 Å². The number of H-pyrrole nitrogens is 2. The highest BCUT2D eigenvalue weighted by Gasteiger charge is 2.40. The number of anilines is 1. The van der Waals surface area contributed by atoms with Gasteiger partial charge < -0.3 is 5.32 Å². The summed E-state index contributed by atoms with van der Waals surface area (Å²) in [6.45, 7) is 0. The fraction of sp³-hybridized carbons (Fsp3) is 0.222. The van der Waals surface area contributed by atoms with Crippen molar-refractivity contribution in [3.8, 4) is 0 Å². The minimum atomic E-state index is -0.288. The number of hydrogen-bond donors (Lipinski definition) is 3. The number of aromatic amines is 2. The van der Waals surface area contributed by atoms with Crippen molar-refractivity contribution in [3.63, 3.8) is 0 Å². The Morgan fingerprint density at radius 2 is 2.00 bits per heavy atom. The second-order valence-electron chi connectivity index (χ2n) is 6.42. The van der Waals surface area contributed by atoms with Crippen LogP contribution < -0.4 is 10.9 Å². The van der Waals surface area contributed by atoms with Gasteiger partial charge in [0.05, 0.1) is 5.56 Å². The fourth-order valence-electron chi connectivity index (χ4n) is 3.92. The minimum Gasteiger partial charge on any atom is -0.343 e. The van der Waals surface area contributed by atoms with E-state index in [4.69, 9.17) is 0 Å². The van der Waals surface area contributed by atoms with Crippen LogP contribution in [0.15, 0.2) is 50.4 Å². The molecule has 2 atom stereocenters. The lowest BCUT2D eigenvalue weighted by molar-refractivity contribution is -0.116. The summed E-state index contributed by atoms with van der Waals surface area (Å²) in [5.41, 5.74) is 3.14. The molecular weight excluding hydrogens is 354 g/mol. The maximum atomic E-state index is 13.1. The number of fused-ring (bicyclic) bond motifs is 1. The molecule has 0 amide bonds. The SMILES string of the molecule is O=C1CC(c2cccs2)CC2=C1C(c1ccsc1)c1c([nH][nH]c1=O)N2. The minimum absolute atomic E-state index is 0.134. The van der Waals surface area contributed by atoms with Crippen LogP contribution >= 0.6 is 22.7 Å². The first-order valence-electron chi connectivity index (χ1n) is 8.11. The molecule has 0 bridgehead atoms. The molecule has 7 heteroatoms. The van der Waals surface area contributed by atoms with Gasteiger partial charge in [0.25, 0.3) is 5.56 Å². The number of carbonyl (C=O) groups excluding carboxylic acids is 1. The summed E-state index contributed by atoms with van der Waals surface area (Å²) in [5, 5.41) is 15.0. The molecule has 0 saturated heterocycles. The van der Waals surface area contributed by atoms with E-state index in [2.05, 4.69) is 21.6 Å². The normalized spacial score (nSPS) is 22.5. The molecule has 3 aromatic heterocycles. The first-order valence-corrected chi connectivity index (χ1v) is 9.94. The second-order valence-corrected chi connectivity index (χ2v) is 8.18. The molecule has 0 spiro atoms. The number of thiophene rings is 2. The Bertz CT molecular complexity index is 1030. The number of allylic oxidation sites excluding steroid dienone is 2. The molecule has 5 nitrogen and oxygen atoms in total. The Labute approximate surface area is 151 Å². The van der Waals surface area contributed by atoms with Crippen LogP contribution in [0.2, 0.25) is 0 Å². The van der Waals surface area contributed by atoms with Crippen molar-refractivity contribution in [1.82, 2.24) is 10.2 Å². The zero-order chi connectivity index (χ0) is 17.0. The second kappa shape index (κ2) is 5.57. The lowest BCUT2D eigenvalue weighted by atomic mass is 9.74. The highest BCUT2D eigenvalue weighted by atomic mass is 32.1. The number of rotatable bonds is 2. The van der Waals surface area contributed by atoms with E-state index in [0.717, 1.165) is 23.3 Å². The number of carbonyl (C=O) groups is 1. The van der Waals surface area contributed by atoms with Crippen molar-refractivity contribution in [1.29, 1.82) is 0 Å². The van der Waals surface area contributed by atoms with Crippen molar-refractivity contribution in [2.24, 2.45) is 0 Å². The smallest absolute Gasteiger partial charge is 0.270 e. The molecule has 0 saturated carbocycles. The molecule has 0 aromatic carbocycles. The summed E-state index contributed by atoms with van der Waals surface area (Å²) in [6.07, 6.45) is 1.29. The van der Waals surface area contributed by atoms with E-state index in [1.165, 1.54) is 4.88 Å². The third-order valence-electron chi connectivity index (χ3n) is 5.00. The first kappa shape index (κ1) is 14.9. The third kappa shape index (κ3) is 2.26. The van der Waals surface area contributed by atoms with Crippen LogP contribution in [0, 0.1) is 0 Å². The van der Waals surface area contributed by atoms with Gasteiger partial charge in [0.2, 0.25) is 0 Å². The average molecular weight is 369 g/mol. The molecule has 1 aliphatic heterocycles. The van der Waals surface area contributed by atoms with E-state index in [9.17, 15) is 9.59 Å². The Balaban J connectivity index is 1.66. The summed E-state index contributed by atoms with van der Waals surface area (Å²) < 4.78 is 0. The van der Waals surface area contributed by atoms with Gasteiger partial charge in [-0.05, 0) is 40.3 Å². The first-order chi connectivity index (χ1) is 12.2. The van der Waals surface area contributed by atoms with Crippen LogP contribution in [-0.4, -0.2) is 16.0 Å². The zero-order valence-electron chi connectivity index (χ0n) is 13.2. The van der Waals surface area contributed by atoms with E-state index in [0.29, 0.717) is 17.8 Å². The summed E-state index contributed by atoms with van der Waals surface area (Å²) >= 11 is 3.27. The molecule has 1 aliphatic carbocycles. The van der Waals surface area contributed by atoms with Gasteiger partial charge in [-0.25, -0.2) is 0 Å². The maximum Gasteiger partial charge on any atom is 0.270 e. The van der Waals surface area contributed by atoms with Crippen LogP contribution in [0.25, 0.3) is 0 Å². The Morgan fingerprint density at radius 3 is 2.76 bits per heavy atom. The quantitative estimate of drug-likeness (QED) is 0.643. The van der Waals surface area contributed by atoms with E-state index in [1.807, 2.05) is 28.3 Å². The largest absolute Gasteiger partial charge is 0.343 e. The Morgan fingerprint density at radius 1 is 1.08 bits per heavy atom. The van der Waals surface area contributed by atoms with Crippen molar-refractivity contribution in [3.05, 3.63) is 72.0 Å². The van der Waals surface area contributed by atoms with Gasteiger partial charge >= 0.3 is 0 Å². The lowest BCUT2D eigenvalue weighted by Crippen LogP contribution is -2.31. The summed E-state index contributed by atoms with van der Waals surface area (Å²) in [4.78, 5) is 26.7. The standard InChI is InChI=1S/C18H15N3O2S2/c22-12-7-10(13-2-1-4-25-13)6-11-15(12)14(9-3-5-24-8-9)16-17(19-11)20-21-18(16)23/h1-5,8,10,14H,6-7H2,(H3,19,20,21,23).